The van der Waals surface area contributed by atoms with Crippen LogP contribution in [0.2, 0.25) is 0 Å². The highest BCUT2D eigenvalue weighted by Crippen LogP contribution is 2.24. The fraction of sp³-hybridized carbons (Fsp3) is 0.316. The molecule has 0 aliphatic rings. The molecule has 0 aliphatic carbocycles. The average Bonchev–Trinajstić information content (AvgIpc) is 2.90. The van der Waals surface area contributed by atoms with Crippen LogP contribution in [-0.4, -0.2) is 21.8 Å². The van der Waals surface area contributed by atoms with Crippen molar-refractivity contribution in [3.8, 4) is 17.2 Å². The molecule has 0 spiro atoms. The molecule has 1 N–H and O–H groups in total. The van der Waals surface area contributed by atoms with E-state index in [0.29, 0.717) is 12.5 Å². The Balaban J connectivity index is 1.90. The molecule has 0 saturated carbocycles. The molecule has 3 aromatic rings. The van der Waals surface area contributed by atoms with Crippen LogP contribution in [0.4, 0.5) is 0 Å². The minimum atomic E-state index is 0.243. The summed E-state index contributed by atoms with van der Waals surface area (Å²) >= 11 is 0. The summed E-state index contributed by atoms with van der Waals surface area (Å²) in [6.07, 6.45) is 0. The van der Waals surface area contributed by atoms with Crippen LogP contribution in [-0.2, 0) is 13.2 Å². The first-order chi connectivity index (χ1) is 11.6. The van der Waals surface area contributed by atoms with Gasteiger partial charge in [0.2, 0.25) is 0 Å². The molecule has 5 heteroatoms. The summed E-state index contributed by atoms with van der Waals surface area (Å²) < 4.78 is 13.2. The van der Waals surface area contributed by atoms with Gasteiger partial charge >= 0.3 is 0 Å². The number of benzene rings is 2. The summed E-state index contributed by atoms with van der Waals surface area (Å²) in [5.41, 5.74) is 1.78. The summed E-state index contributed by atoms with van der Waals surface area (Å²) in [5.74, 6) is 3.04. The standard InChI is InChI=1S/C19H22N2O3/c1-13(2)11-21-18-9-14(22)7-8-17(18)20-19(21)12-24-16-6-4-5-15(10-16)23-3/h4-10,13,22H,11-12H2,1-3H3. The van der Waals surface area contributed by atoms with E-state index in [1.165, 1.54) is 0 Å². The van der Waals surface area contributed by atoms with Gasteiger partial charge in [-0.1, -0.05) is 19.9 Å². The first-order valence-electron chi connectivity index (χ1n) is 8.02. The number of aromatic nitrogens is 2. The summed E-state index contributed by atoms with van der Waals surface area (Å²) in [6, 6.07) is 12.7. The Labute approximate surface area is 141 Å². The lowest BCUT2D eigenvalue weighted by Gasteiger charge is -2.13. The summed E-state index contributed by atoms with van der Waals surface area (Å²) in [4.78, 5) is 4.66. The molecule has 0 amide bonds. The van der Waals surface area contributed by atoms with E-state index in [0.717, 1.165) is 34.9 Å². The number of phenolic OH excluding ortho intramolecular Hbond substituents is 1. The normalized spacial score (nSPS) is 11.2. The summed E-state index contributed by atoms with van der Waals surface area (Å²) in [6.45, 7) is 5.48. The number of imidazole rings is 1. The van der Waals surface area contributed by atoms with Gasteiger partial charge in [0.05, 0.1) is 18.1 Å². The zero-order valence-corrected chi connectivity index (χ0v) is 14.2. The molecule has 1 heterocycles. The lowest BCUT2D eigenvalue weighted by atomic mass is 10.2. The number of fused-ring (bicyclic) bond motifs is 1. The molecule has 3 rings (SSSR count). The van der Waals surface area contributed by atoms with Crippen LogP contribution in [0.25, 0.3) is 11.0 Å². The Bertz CT molecular complexity index is 840. The van der Waals surface area contributed by atoms with Crippen molar-refractivity contribution in [2.45, 2.75) is 27.0 Å². The number of rotatable bonds is 6. The number of aromatic hydroxyl groups is 1. The Morgan fingerprint density at radius 1 is 1.12 bits per heavy atom. The van der Waals surface area contributed by atoms with Crippen molar-refractivity contribution in [3.63, 3.8) is 0 Å². The number of ether oxygens (including phenoxy) is 2. The van der Waals surface area contributed by atoms with Gasteiger partial charge in [-0.3, -0.25) is 0 Å². The first-order valence-corrected chi connectivity index (χ1v) is 8.02. The van der Waals surface area contributed by atoms with Gasteiger partial charge in [-0.15, -0.1) is 0 Å². The van der Waals surface area contributed by atoms with Gasteiger partial charge in [0.25, 0.3) is 0 Å². The van der Waals surface area contributed by atoms with Gasteiger partial charge in [-0.25, -0.2) is 4.98 Å². The quantitative estimate of drug-likeness (QED) is 0.744. The number of hydrogen-bond donors (Lipinski definition) is 1. The van der Waals surface area contributed by atoms with Crippen molar-refractivity contribution in [1.82, 2.24) is 9.55 Å². The summed E-state index contributed by atoms with van der Waals surface area (Å²) in [5, 5.41) is 9.78. The number of phenols is 1. The third-order valence-electron chi connectivity index (χ3n) is 3.77. The Morgan fingerprint density at radius 2 is 1.92 bits per heavy atom. The van der Waals surface area contributed by atoms with Crippen molar-refractivity contribution in [1.29, 1.82) is 0 Å². The highest BCUT2D eigenvalue weighted by molar-refractivity contribution is 5.77. The minimum Gasteiger partial charge on any atom is -0.508 e. The molecule has 0 bridgehead atoms. The Kier molecular flexibility index (Phi) is 4.60. The molecule has 126 valence electrons. The van der Waals surface area contributed by atoms with Crippen molar-refractivity contribution < 1.29 is 14.6 Å². The van der Waals surface area contributed by atoms with Crippen LogP contribution in [0.3, 0.4) is 0 Å². The average molecular weight is 326 g/mol. The molecule has 1 aromatic heterocycles. The fourth-order valence-corrected chi connectivity index (χ4v) is 2.68. The van der Waals surface area contributed by atoms with Crippen LogP contribution in [0.15, 0.2) is 42.5 Å². The van der Waals surface area contributed by atoms with Gasteiger partial charge in [0, 0.05) is 18.7 Å². The predicted octanol–water partition coefficient (Wildman–Crippen LogP) is 3.99. The monoisotopic (exact) mass is 326 g/mol. The number of nitrogens with zero attached hydrogens (tertiary/aromatic N) is 2. The minimum absolute atomic E-state index is 0.243. The molecule has 24 heavy (non-hydrogen) atoms. The maximum absolute atomic E-state index is 9.78. The molecule has 2 aromatic carbocycles. The topological polar surface area (TPSA) is 56.5 Å². The number of hydrogen-bond acceptors (Lipinski definition) is 4. The van der Waals surface area contributed by atoms with Crippen LogP contribution >= 0.6 is 0 Å². The number of methoxy groups -OCH3 is 1. The van der Waals surface area contributed by atoms with E-state index in [1.54, 1.807) is 19.2 Å². The molecule has 0 saturated heterocycles. The lowest BCUT2D eigenvalue weighted by Crippen LogP contribution is -2.11. The molecular weight excluding hydrogens is 304 g/mol. The highest BCUT2D eigenvalue weighted by atomic mass is 16.5. The van der Waals surface area contributed by atoms with E-state index in [-0.39, 0.29) is 5.75 Å². The lowest BCUT2D eigenvalue weighted by molar-refractivity contribution is 0.285. The van der Waals surface area contributed by atoms with E-state index in [2.05, 4.69) is 23.4 Å². The van der Waals surface area contributed by atoms with Gasteiger partial charge < -0.3 is 19.1 Å². The smallest absolute Gasteiger partial charge is 0.148 e. The van der Waals surface area contributed by atoms with Gasteiger partial charge in [0.1, 0.15) is 29.7 Å². The third kappa shape index (κ3) is 3.45. The zero-order valence-electron chi connectivity index (χ0n) is 14.2. The first kappa shape index (κ1) is 16.2. The molecule has 0 aliphatic heterocycles. The second kappa shape index (κ2) is 6.83. The molecule has 0 fully saturated rings. The maximum Gasteiger partial charge on any atom is 0.148 e. The largest absolute Gasteiger partial charge is 0.508 e. The zero-order chi connectivity index (χ0) is 17.1. The highest BCUT2D eigenvalue weighted by Gasteiger charge is 2.13. The summed E-state index contributed by atoms with van der Waals surface area (Å²) in [7, 11) is 1.63. The molecule has 0 unspecified atom stereocenters. The van der Waals surface area contributed by atoms with Crippen LogP contribution in [0.5, 0.6) is 17.2 Å². The van der Waals surface area contributed by atoms with Crippen LogP contribution < -0.4 is 9.47 Å². The van der Waals surface area contributed by atoms with E-state index in [4.69, 9.17) is 9.47 Å². The van der Waals surface area contributed by atoms with Gasteiger partial charge in [-0.05, 0) is 30.2 Å². The molecule has 0 radical (unpaired) electrons. The van der Waals surface area contributed by atoms with Gasteiger partial charge in [-0.2, -0.15) is 0 Å². The van der Waals surface area contributed by atoms with E-state index in [1.807, 2.05) is 30.3 Å². The predicted molar refractivity (Wildman–Crippen MR) is 93.6 cm³/mol. The Hall–Kier alpha value is -2.69. The molecular formula is C19H22N2O3. The van der Waals surface area contributed by atoms with Crippen molar-refractivity contribution in [2.24, 2.45) is 5.92 Å². The second-order valence-electron chi connectivity index (χ2n) is 6.17. The molecule has 5 nitrogen and oxygen atoms in total. The molecule has 0 atom stereocenters. The second-order valence-corrected chi connectivity index (χ2v) is 6.17. The SMILES string of the molecule is COc1cccc(OCc2nc3ccc(O)cc3n2CC(C)C)c1. The fourth-order valence-electron chi connectivity index (χ4n) is 2.68. The van der Waals surface area contributed by atoms with Crippen molar-refractivity contribution in [2.75, 3.05) is 7.11 Å². The van der Waals surface area contributed by atoms with Crippen LogP contribution in [0.1, 0.15) is 19.7 Å². The van der Waals surface area contributed by atoms with E-state index >= 15 is 0 Å². The van der Waals surface area contributed by atoms with Gasteiger partial charge in [0.15, 0.2) is 0 Å². The van der Waals surface area contributed by atoms with Crippen LogP contribution in [0, 0.1) is 5.92 Å². The van der Waals surface area contributed by atoms with Crippen molar-refractivity contribution >= 4 is 11.0 Å². The third-order valence-corrected chi connectivity index (χ3v) is 3.77. The van der Waals surface area contributed by atoms with Crippen molar-refractivity contribution in [3.05, 3.63) is 48.3 Å². The maximum atomic E-state index is 9.78. The Morgan fingerprint density at radius 3 is 2.67 bits per heavy atom. The van der Waals surface area contributed by atoms with E-state index in [9.17, 15) is 5.11 Å². The van der Waals surface area contributed by atoms with E-state index < -0.39 is 0 Å².